The van der Waals surface area contributed by atoms with E-state index >= 15 is 0 Å². The standard InChI is InChI=1S/C25H25N/c1-24(2)18-11-7-8-12-19(18)25(3,4)21-15-23-17(14-20(21)24)16-10-6-9-13-22(16)26(23)5/h6-15H,1-5H3. The molecule has 3 aromatic carbocycles. The second kappa shape index (κ2) is 4.79. The van der Waals surface area contributed by atoms with Gasteiger partial charge < -0.3 is 4.57 Å². The van der Waals surface area contributed by atoms with Gasteiger partial charge in [-0.1, -0.05) is 70.2 Å². The zero-order chi connectivity index (χ0) is 18.3. The van der Waals surface area contributed by atoms with E-state index in [-0.39, 0.29) is 10.8 Å². The third-order valence-corrected chi connectivity index (χ3v) is 6.67. The molecular formula is C25H25N. The third kappa shape index (κ3) is 1.76. The van der Waals surface area contributed by atoms with E-state index in [9.17, 15) is 0 Å². The highest BCUT2D eigenvalue weighted by Gasteiger charge is 2.41. The first-order valence-electron chi connectivity index (χ1n) is 9.45. The average Bonchev–Trinajstić information content (AvgIpc) is 2.92. The van der Waals surface area contributed by atoms with Crippen molar-refractivity contribution in [2.75, 3.05) is 0 Å². The number of benzene rings is 3. The Kier molecular flexibility index (Phi) is 2.89. The van der Waals surface area contributed by atoms with E-state index in [2.05, 4.69) is 100.0 Å². The topological polar surface area (TPSA) is 4.93 Å². The number of rotatable bonds is 0. The van der Waals surface area contributed by atoms with Gasteiger partial charge in [0.1, 0.15) is 0 Å². The number of hydrogen-bond acceptors (Lipinski definition) is 0. The quantitative estimate of drug-likeness (QED) is 0.354. The minimum atomic E-state index is 0.00604. The lowest BCUT2D eigenvalue weighted by Crippen LogP contribution is -2.36. The normalized spacial score (nSPS) is 17.3. The molecule has 26 heavy (non-hydrogen) atoms. The molecule has 0 fully saturated rings. The third-order valence-electron chi connectivity index (χ3n) is 6.67. The smallest absolute Gasteiger partial charge is 0.0492 e. The van der Waals surface area contributed by atoms with Crippen LogP contribution in [-0.4, -0.2) is 4.57 Å². The molecule has 1 heterocycles. The van der Waals surface area contributed by atoms with Crippen LogP contribution in [0.25, 0.3) is 21.8 Å². The van der Waals surface area contributed by atoms with Crippen molar-refractivity contribution >= 4 is 21.8 Å². The van der Waals surface area contributed by atoms with Crippen LogP contribution in [-0.2, 0) is 17.9 Å². The van der Waals surface area contributed by atoms with Crippen LogP contribution < -0.4 is 0 Å². The summed E-state index contributed by atoms with van der Waals surface area (Å²) in [6.07, 6.45) is 0. The lowest BCUT2D eigenvalue weighted by atomic mass is 9.60. The summed E-state index contributed by atoms with van der Waals surface area (Å²) < 4.78 is 2.34. The SMILES string of the molecule is Cn1c2ccccc2c2cc3c(cc21)C(C)(C)c1ccccc1C3(C)C. The van der Waals surface area contributed by atoms with Gasteiger partial charge in [0.15, 0.2) is 0 Å². The minimum absolute atomic E-state index is 0.00604. The van der Waals surface area contributed by atoms with Gasteiger partial charge in [0.25, 0.3) is 0 Å². The summed E-state index contributed by atoms with van der Waals surface area (Å²) in [5.74, 6) is 0. The molecule has 0 bridgehead atoms. The van der Waals surface area contributed by atoms with Crippen molar-refractivity contribution in [1.82, 2.24) is 4.57 Å². The first-order valence-corrected chi connectivity index (χ1v) is 9.45. The number of aryl methyl sites for hydroxylation is 1. The second-order valence-corrected chi connectivity index (χ2v) is 8.79. The monoisotopic (exact) mass is 339 g/mol. The summed E-state index contributed by atoms with van der Waals surface area (Å²) in [5, 5.41) is 2.71. The van der Waals surface area contributed by atoms with Crippen molar-refractivity contribution in [2.45, 2.75) is 38.5 Å². The van der Waals surface area contributed by atoms with E-state index in [1.54, 1.807) is 0 Å². The fraction of sp³-hybridized carbons (Fsp3) is 0.280. The van der Waals surface area contributed by atoms with Crippen molar-refractivity contribution in [2.24, 2.45) is 7.05 Å². The van der Waals surface area contributed by atoms with Crippen molar-refractivity contribution in [3.63, 3.8) is 0 Å². The van der Waals surface area contributed by atoms with Crippen LogP contribution in [0.3, 0.4) is 0 Å². The van der Waals surface area contributed by atoms with E-state index in [0.717, 1.165) is 0 Å². The zero-order valence-corrected chi connectivity index (χ0v) is 16.2. The van der Waals surface area contributed by atoms with Gasteiger partial charge in [-0.3, -0.25) is 0 Å². The molecule has 0 amide bonds. The molecule has 1 heteroatoms. The predicted molar refractivity (Wildman–Crippen MR) is 111 cm³/mol. The number of hydrogen-bond donors (Lipinski definition) is 0. The van der Waals surface area contributed by atoms with E-state index in [4.69, 9.17) is 0 Å². The summed E-state index contributed by atoms with van der Waals surface area (Å²) in [4.78, 5) is 0. The Labute approximate surface area is 155 Å². The Bertz CT molecular complexity index is 1190. The van der Waals surface area contributed by atoms with Crippen molar-refractivity contribution in [3.8, 4) is 0 Å². The zero-order valence-electron chi connectivity index (χ0n) is 16.2. The number of nitrogens with zero attached hydrogens (tertiary/aromatic N) is 1. The summed E-state index contributed by atoms with van der Waals surface area (Å²) in [6, 6.07) is 22.6. The molecule has 4 aromatic rings. The van der Waals surface area contributed by atoms with Gasteiger partial charge in [0.2, 0.25) is 0 Å². The fourth-order valence-corrected chi connectivity index (χ4v) is 5.10. The van der Waals surface area contributed by atoms with Gasteiger partial charge in [0.05, 0.1) is 0 Å². The second-order valence-electron chi connectivity index (χ2n) is 8.79. The Morgan fingerprint density at radius 2 is 1.12 bits per heavy atom. The van der Waals surface area contributed by atoms with Gasteiger partial charge >= 0.3 is 0 Å². The van der Waals surface area contributed by atoms with Crippen LogP contribution in [0.4, 0.5) is 0 Å². The maximum Gasteiger partial charge on any atom is 0.0492 e. The van der Waals surface area contributed by atoms with Crippen LogP contribution in [0.1, 0.15) is 49.9 Å². The Balaban J connectivity index is 1.96. The average molecular weight is 339 g/mol. The van der Waals surface area contributed by atoms with Crippen LogP contribution in [0.15, 0.2) is 60.7 Å². The summed E-state index contributed by atoms with van der Waals surface area (Å²) in [6.45, 7) is 9.48. The van der Waals surface area contributed by atoms with Gasteiger partial charge in [0, 0.05) is 39.7 Å². The molecule has 0 aliphatic heterocycles. The Morgan fingerprint density at radius 1 is 0.577 bits per heavy atom. The van der Waals surface area contributed by atoms with Gasteiger partial charge in [-0.15, -0.1) is 0 Å². The molecule has 1 aromatic heterocycles. The minimum Gasteiger partial charge on any atom is -0.344 e. The molecular weight excluding hydrogens is 314 g/mol. The van der Waals surface area contributed by atoms with Crippen LogP contribution >= 0.6 is 0 Å². The predicted octanol–water partition coefficient (Wildman–Crippen LogP) is 6.30. The molecule has 1 aliphatic rings. The molecule has 0 radical (unpaired) electrons. The maximum atomic E-state index is 2.46. The highest BCUT2D eigenvalue weighted by molar-refractivity contribution is 6.08. The van der Waals surface area contributed by atoms with E-state index in [1.165, 1.54) is 44.1 Å². The van der Waals surface area contributed by atoms with Gasteiger partial charge in [-0.2, -0.15) is 0 Å². The molecule has 0 N–H and O–H groups in total. The van der Waals surface area contributed by atoms with Gasteiger partial charge in [-0.25, -0.2) is 0 Å². The van der Waals surface area contributed by atoms with E-state index in [1.807, 2.05) is 0 Å². The molecule has 1 nitrogen and oxygen atoms in total. The molecule has 130 valence electrons. The van der Waals surface area contributed by atoms with E-state index < -0.39 is 0 Å². The largest absolute Gasteiger partial charge is 0.344 e. The van der Waals surface area contributed by atoms with E-state index in [0.29, 0.717) is 0 Å². The molecule has 1 aliphatic carbocycles. The molecule has 0 spiro atoms. The highest BCUT2D eigenvalue weighted by Crippen LogP contribution is 2.51. The maximum absolute atomic E-state index is 2.46. The van der Waals surface area contributed by atoms with Gasteiger partial charge in [-0.05, 0) is 40.5 Å². The summed E-state index contributed by atoms with van der Waals surface area (Å²) in [7, 11) is 2.19. The van der Waals surface area contributed by atoms with Crippen LogP contribution in [0.5, 0.6) is 0 Å². The van der Waals surface area contributed by atoms with Crippen molar-refractivity contribution < 1.29 is 0 Å². The fourth-order valence-electron chi connectivity index (χ4n) is 5.10. The Morgan fingerprint density at radius 3 is 1.77 bits per heavy atom. The van der Waals surface area contributed by atoms with Crippen molar-refractivity contribution in [1.29, 1.82) is 0 Å². The number of para-hydroxylation sites is 1. The van der Waals surface area contributed by atoms with Crippen molar-refractivity contribution in [3.05, 3.63) is 82.9 Å². The molecule has 0 atom stereocenters. The molecule has 0 saturated carbocycles. The number of aromatic nitrogens is 1. The van der Waals surface area contributed by atoms with Crippen LogP contribution in [0, 0.1) is 0 Å². The summed E-state index contributed by atoms with van der Waals surface area (Å²) >= 11 is 0. The first kappa shape index (κ1) is 15.7. The van der Waals surface area contributed by atoms with Crippen LogP contribution in [0.2, 0.25) is 0 Å². The Hall–Kier alpha value is -2.54. The molecule has 0 saturated heterocycles. The lowest BCUT2D eigenvalue weighted by molar-refractivity contribution is 0.521. The first-order chi connectivity index (χ1) is 12.3. The lowest BCUT2D eigenvalue weighted by Gasteiger charge is -2.44. The molecule has 0 unspecified atom stereocenters. The number of fused-ring (bicyclic) bond motifs is 5. The summed E-state index contributed by atoms with van der Waals surface area (Å²) in [5.41, 5.74) is 8.47. The highest BCUT2D eigenvalue weighted by atomic mass is 14.9. The molecule has 5 rings (SSSR count).